The number of anilines is 1. The minimum absolute atomic E-state index is 0.312. The van der Waals surface area contributed by atoms with Gasteiger partial charge in [0, 0.05) is 32.0 Å². The van der Waals surface area contributed by atoms with Gasteiger partial charge in [0.25, 0.3) is 0 Å². The van der Waals surface area contributed by atoms with Gasteiger partial charge < -0.3 is 9.64 Å². The Kier molecular flexibility index (Phi) is 3.74. The molecule has 0 bridgehead atoms. The van der Waals surface area contributed by atoms with E-state index in [-0.39, 0.29) is 0 Å². The summed E-state index contributed by atoms with van der Waals surface area (Å²) < 4.78 is 5.60. The minimum atomic E-state index is 0.312. The van der Waals surface area contributed by atoms with Crippen molar-refractivity contribution in [1.29, 1.82) is 0 Å². The summed E-state index contributed by atoms with van der Waals surface area (Å²) in [6, 6.07) is 1.86. The van der Waals surface area contributed by atoms with Gasteiger partial charge in [-0.15, -0.1) is 0 Å². The third-order valence-electron chi connectivity index (χ3n) is 3.07. The third kappa shape index (κ3) is 2.82. The van der Waals surface area contributed by atoms with Crippen molar-refractivity contribution in [2.24, 2.45) is 0 Å². The normalized spacial score (nSPS) is 19.3. The van der Waals surface area contributed by atoms with Gasteiger partial charge in [-0.05, 0) is 31.4 Å². The van der Waals surface area contributed by atoms with Crippen molar-refractivity contribution in [1.82, 2.24) is 4.98 Å². The number of hydrogen-bond acceptors (Lipinski definition) is 4. The van der Waals surface area contributed by atoms with Gasteiger partial charge in [-0.3, -0.25) is 4.79 Å². The zero-order chi connectivity index (χ0) is 12.3. The van der Waals surface area contributed by atoms with Crippen LogP contribution in [0.4, 0.5) is 5.82 Å². The molecule has 1 atom stereocenters. The Labute approximate surface area is 102 Å². The maximum atomic E-state index is 10.6. The number of aromatic nitrogens is 1. The summed E-state index contributed by atoms with van der Waals surface area (Å²) >= 11 is 0. The average Bonchev–Trinajstić information content (AvgIpc) is 2.81. The Hall–Kier alpha value is -1.42. The molecule has 1 aliphatic rings. The highest BCUT2D eigenvalue weighted by atomic mass is 16.5. The second-order valence-corrected chi connectivity index (χ2v) is 4.54. The summed E-state index contributed by atoms with van der Waals surface area (Å²) in [5, 5.41) is 0. The lowest BCUT2D eigenvalue weighted by Crippen LogP contribution is -2.29. The number of carbonyl (C=O) groups excluding carboxylic acids is 1. The van der Waals surface area contributed by atoms with Crippen molar-refractivity contribution in [2.75, 3.05) is 25.1 Å². The van der Waals surface area contributed by atoms with Crippen LogP contribution in [0, 0.1) is 6.92 Å². The zero-order valence-electron chi connectivity index (χ0n) is 10.3. The van der Waals surface area contributed by atoms with Gasteiger partial charge in [0.15, 0.2) is 6.29 Å². The average molecular weight is 234 g/mol. The Bertz CT molecular complexity index is 400. The maximum absolute atomic E-state index is 10.6. The predicted octanol–water partition coefficient (Wildman–Crippen LogP) is 1.82. The molecule has 0 aromatic carbocycles. The fraction of sp³-hybridized carbons (Fsp3) is 0.538. The van der Waals surface area contributed by atoms with E-state index in [2.05, 4.69) is 9.88 Å². The topological polar surface area (TPSA) is 42.4 Å². The first-order chi connectivity index (χ1) is 8.20. The van der Waals surface area contributed by atoms with Gasteiger partial charge in [0.2, 0.25) is 0 Å². The molecule has 1 aromatic rings. The highest BCUT2D eigenvalue weighted by Gasteiger charge is 2.18. The summed E-state index contributed by atoms with van der Waals surface area (Å²) in [6.07, 6.45) is 5.02. The fourth-order valence-electron chi connectivity index (χ4n) is 2.23. The SMILES string of the molecule is Cc1cc(C=O)cnc1N(C)CC1CCCO1. The van der Waals surface area contributed by atoms with Crippen molar-refractivity contribution in [3.05, 3.63) is 23.4 Å². The first-order valence-corrected chi connectivity index (χ1v) is 5.95. The second kappa shape index (κ2) is 5.27. The standard InChI is InChI=1S/C13H18N2O2/c1-10-6-11(9-16)7-14-13(10)15(2)8-12-4-3-5-17-12/h6-7,9,12H,3-5,8H2,1-2H3. The van der Waals surface area contributed by atoms with Crippen LogP contribution in [0.5, 0.6) is 0 Å². The highest BCUT2D eigenvalue weighted by molar-refractivity contribution is 5.75. The molecule has 2 rings (SSSR count). The predicted molar refractivity (Wildman–Crippen MR) is 66.6 cm³/mol. The molecule has 0 spiro atoms. The molecule has 0 amide bonds. The number of aryl methyl sites for hydroxylation is 1. The Balaban J connectivity index is 2.07. The molecule has 1 aromatic heterocycles. The van der Waals surface area contributed by atoms with E-state index >= 15 is 0 Å². The first-order valence-electron chi connectivity index (χ1n) is 5.95. The Morgan fingerprint density at radius 1 is 1.65 bits per heavy atom. The largest absolute Gasteiger partial charge is 0.376 e. The number of ether oxygens (including phenoxy) is 1. The summed E-state index contributed by atoms with van der Waals surface area (Å²) in [6.45, 7) is 3.70. The van der Waals surface area contributed by atoms with Crippen molar-refractivity contribution in [2.45, 2.75) is 25.9 Å². The van der Waals surface area contributed by atoms with Gasteiger partial charge in [0.1, 0.15) is 5.82 Å². The van der Waals surface area contributed by atoms with Crippen LogP contribution in [0.3, 0.4) is 0 Å². The van der Waals surface area contributed by atoms with E-state index in [4.69, 9.17) is 4.74 Å². The summed E-state index contributed by atoms with van der Waals surface area (Å²) in [5.74, 6) is 0.922. The molecule has 4 nitrogen and oxygen atoms in total. The fourth-order valence-corrected chi connectivity index (χ4v) is 2.23. The number of likely N-dealkylation sites (N-methyl/N-ethyl adjacent to an activating group) is 1. The molecule has 92 valence electrons. The van der Waals surface area contributed by atoms with E-state index in [0.717, 1.165) is 43.7 Å². The maximum Gasteiger partial charge on any atom is 0.151 e. The van der Waals surface area contributed by atoms with Gasteiger partial charge in [-0.1, -0.05) is 0 Å². The quantitative estimate of drug-likeness (QED) is 0.745. The molecule has 0 N–H and O–H groups in total. The van der Waals surface area contributed by atoms with Crippen LogP contribution < -0.4 is 4.90 Å². The molecule has 17 heavy (non-hydrogen) atoms. The van der Waals surface area contributed by atoms with E-state index in [1.54, 1.807) is 6.20 Å². The van der Waals surface area contributed by atoms with Crippen LogP contribution >= 0.6 is 0 Å². The number of nitrogens with zero attached hydrogens (tertiary/aromatic N) is 2. The molecule has 4 heteroatoms. The lowest BCUT2D eigenvalue weighted by atomic mass is 10.2. The van der Waals surface area contributed by atoms with Crippen molar-refractivity contribution in [3.63, 3.8) is 0 Å². The number of hydrogen-bond donors (Lipinski definition) is 0. The van der Waals surface area contributed by atoms with Crippen LogP contribution in [0.15, 0.2) is 12.3 Å². The van der Waals surface area contributed by atoms with Gasteiger partial charge in [0.05, 0.1) is 6.10 Å². The van der Waals surface area contributed by atoms with E-state index < -0.39 is 0 Å². The van der Waals surface area contributed by atoms with E-state index in [9.17, 15) is 4.79 Å². The minimum Gasteiger partial charge on any atom is -0.376 e. The van der Waals surface area contributed by atoms with Gasteiger partial charge in [-0.25, -0.2) is 4.98 Å². The number of pyridine rings is 1. The summed E-state index contributed by atoms with van der Waals surface area (Å²) in [5.41, 5.74) is 1.65. The number of carbonyl (C=O) groups is 1. The molecule has 1 saturated heterocycles. The van der Waals surface area contributed by atoms with Crippen molar-refractivity contribution in [3.8, 4) is 0 Å². The molecule has 1 unspecified atom stereocenters. The molecule has 1 aliphatic heterocycles. The van der Waals surface area contributed by atoms with Crippen molar-refractivity contribution < 1.29 is 9.53 Å². The summed E-state index contributed by atoms with van der Waals surface area (Å²) in [7, 11) is 2.01. The monoisotopic (exact) mass is 234 g/mol. The van der Waals surface area contributed by atoms with E-state index in [0.29, 0.717) is 11.7 Å². The van der Waals surface area contributed by atoms with Crippen LogP contribution in [-0.4, -0.2) is 37.6 Å². The molecular formula is C13H18N2O2. The Morgan fingerprint density at radius 2 is 2.47 bits per heavy atom. The van der Waals surface area contributed by atoms with E-state index in [1.165, 1.54) is 0 Å². The van der Waals surface area contributed by atoms with Gasteiger partial charge in [-0.2, -0.15) is 0 Å². The van der Waals surface area contributed by atoms with Crippen LogP contribution in [0.25, 0.3) is 0 Å². The molecule has 0 saturated carbocycles. The molecule has 2 heterocycles. The highest BCUT2D eigenvalue weighted by Crippen LogP contribution is 2.19. The molecule has 1 fully saturated rings. The second-order valence-electron chi connectivity index (χ2n) is 4.54. The number of rotatable bonds is 4. The van der Waals surface area contributed by atoms with E-state index in [1.807, 2.05) is 20.0 Å². The lowest BCUT2D eigenvalue weighted by molar-refractivity contribution is 0.112. The van der Waals surface area contributed by atoms with Gasteiger partial charge >= 0.3 is 0 Å². The van der Waals surface area contributed by atoms with Crippen molar-refractivity contribution >= 4 is 12.1 Å². The molecule has 0 radical (unpaired) electrons. The lowest BCUT2D eigenvalue weighted by Gasteiger charge is -2.23. The zero-order valence-corrected chi connectivity index (χ0v) is 10.3. The third-order valence-corrected chi connectivity index (χ3v) is 3.07. The van der Waals surface area contributed by atoms with Crippen LogP contribution in [0.1, 0.15) is 28.8 Å². The Morgan fingerprint density at radius 3 is 3.06 bits per heavy atom. The molecular weight excluding hydrogens is 216 g/mol. The van der Waals surface area contributed by atoms with Crippen LogP contribution in [0.2, 0.25) is 0 Å². The first kappa shape index (κ1) is 12.0. The van der Waals surface area contributed by atoms with Crippen LogP contribution in [-0.2, 0) is 4.74 Å². The molecule has 0 aliphatic carbocycles. The number of aldehydes is 1. The smallest absolute Gasteiger partial charge is 0.151 e. The summed E-state index contributed by atoms with van der Waals surface area (Å²) in [4.78, 5) is 17.1.